The summed E-state index contributed by atoms with van der Waals surface area (Å²) >= 11 is 11.8. The van der Waals surface area contributed by atoms with E-state index in [4.69, 9.17) is 23.2 Å². The van der Waals surface area contributed by atoms with E-state index in [1.807, 2.05) is 7.05 Å². The van der Waals surface area contributed by atoms with Crippen molar-refractivity contribution in [2.75, 3.05) is 10.6 Å². The van der Waals surface area contributed by atoms with E-state index in [9.17, 15) is 4.79 Å². The van der Waals surface area contributed by atoms with Crippen molar-refractivity contribution < 1.29 is 4.79 Å². The first-order valence-electron chi connectivity index (χ1n) is 5.98. The third kappa shape index (κ3) is 3.65. The monoisotopic (exact) mass is 312 g/mol. The number of rotatable bonds is 4. The second-order valence-corrected chi connectivity index (χ2v) is 5.20. The minimum absolute atomic E-state index is 0.208. The molecule has 0 aliphatic heterocycles. The quantitative estimate of drug-likeness (QED) is 0.911. The van der Waals surface area contributed by atoms with Gasteiger partial charge in [0.15, 0.2) is 0 Å². The lowest BCUT2D eigenvalue weighted by Crippen LogP contribution is -2.32. The molecule has 2 aromatic rings. The molecule has 1 heterocycles. The number of carbonyl (C=O) groups is 1. The van der Waals surface area contributed by atoms with Gasteiger partial charge in [-0.1, -0.05) is 23.2 Å². The Morgan fingerprint density at radius 2 is 2.10 bits per heavy atom. The molecule has 20 heavy (non-hydrogen) atoms. The van der Waals surface area contributed by atoms with Crippen molar-refractivity contribution in [3.05, 3.63) is 40.5 Å². The maximum atomic E-state index is 12.1. The molecule has 1 aromatic carbocycles. The molecule has 2 rings (SSSR count). The van der Waals surface area contributed by atoms with Gasteiger partial charge in [0.25, 0.3) is 0 Å². The number of amides is 1. The molecule has 0 spiro atoms. The van der Waals surface area contributed by atoms with Crippen LogP contribution in [0.4, 0.5) is 11.5 Å². The fourth-order valence-corrected chi connectivity index (χ4v) is 2.07. The standard InChI is InChI=1S/C13H14Cl2N4O/c1-8(16-12-5-6-19(2)18-12)13(20)17-11-4-3-9(14)7-10(11)15/h3-8H,1-2H3,(H,16,18)(H,17,20). The van der Waals surface area contributed by atoms with Crippen LogP contribution in [-0.4, -0.2) is 21.7 Å². The molecule has 0 aliphatic rings. The average Bonchev–Trinajstić information content (AvgIpc) is 2.78. The summed E-state index contributed by atoms with van der Waals surface area (Å²) < 4.78 is 1.66. The minimum atomic E-state index is -0.448. The summed E-state index contributed by atoms with van der Waals surface area (Å²) in [6, 6.07) is 6.25. The Kier molecular flexibility index (Phi) is 4.52. The van der Waals surface area contributed by atoms with Gasteiger partial charge in [-0.15, -0.1) is 0 Å². The summed E-state index contributed by atoms with van der Waals surface area (Å²) in [5.74, 6) is 0.428. The van der Waals surface area contributed by atoms with Crippen LogP contribution in [-0.2, 0) is 11.8 Å². The summed E-state index contributed by atoms with van der Waals surface area (Å²) in [4.78, 5) is 12.1. The zero-order chi connectivity index (χ0) is 14.7. The zero-order valence-electron chi connectivity index (χ0n) is 11.0. The Hall–Kier alpha value is -1.72. The highest BCUT2D eigenvalue weighted by molar-refractivity contribution is 6.36. The SMILES string of the molecule is CC(Nc1ccn(C)n1)C(=O)Nc1ccc(Cl)cc1Cl. The van der Waals surface area contributed by atoms with E-state index in [-0.39, 0.29) is 5.91 Å². The normalized spacial score (nSPS) is 12.0. The van der Waals surface area contributed by atoms with Crippen molar-refractivity contribution in [3.8, 4) is 0 Å². The number of aryl methyl sites for hydroxylation is 1. The number of nitrogens with one attached hydrogen (secondary N) is 2. The van der Waals surface area contributed by atoms with E-state index in [0.717, 1.165) is 0 Å². The van der Waals surface area contributed by atoms with Crippen LogP contribution >= 0.6 is 23.2 Å². The van der Waals surface area contributed by atoms with E-state index in [2.05, 4.69) is 15.7 Å². The lowest BCUT2D eigenvalue weighted by molar-refractivity contribution is -0.116. The summed E-state index contributed by atoms with van der Waals surface area (Å²) in [5.41, 5.74) is 0.524. The number of benzene rings is 1. The van der Waals surface area contributed by atoms with E-state index < -0.39 is 6.04 Å². The number of aromatic nitrogens is 2. The van der Waals surface area contributed by atoms with Gasteiger partial charge in [0, 0.05) is 24.3 Å². The molecule has 1 aromatic heterocycles. The van der Waals surface area contributed by atoms with E-state index in [1.54, 1.807) is 42.1 Å². The molecule has 2 N–H and O–H groups in total. The Morgan fingerprint density at radius 3 is 2.70 bits per heavy atom. The molecule has 1 atom stereocenters. The topological polar surface area (TPSA) is 59.0 Å². The number of carbonyl (C=O) groups excluding carboxylic acids is 1. The fourth-order valence-electron chi connectivity index (χ4n) is 1.61. The third-order valence-corrected chi connectivity index (χ3v) is 3.21. The Labute approximate surface area is 126 Å². The highest BCUT2D eigenvalue weighted by Gasteiger charge is 2.15. The second-order valence-electron chi connectivity index (χ2n) is 4.35. The van der Waals surface area contributed by atoms with Crippen LogP contribution in [0.2, 0.25) is 10.0 Å². The van der Waals surface area contributed by atoms with Gasteiger partial charge >= 0.3 is 0 Å². The van der Waals surface area contributed by atoms with Gasteiger partial charge in [-0.25, -0.2) is 0 Å². The van der Waals surface area contributed by atoms with Gasteiger partial charge in [0.05, 0.1) is 10.7 Å². The van der Waals surface area contributed by atoms with Crippen LogP contribution in [0.25, 0.3) is 0 Å². The Balaban J connectivity index is 2.00. The van der Waals surface area contributed by atoms with Gasteiger partial charge in [0.1, 0.15) is 11.9 Å². The first kappa shape index (κ1) is 14.7. The largest absolute Gasteiger partial charge is 0.357 e. The lowest BCUT2D eigenvalue weighted by Gasteiger charge is -2.14. The number of halogens is 2. The van der Waals surface area contributed by atoms with Crippen molar-refractivity contribution in [1.82, 2.24) is 9.78 Å². The first-order valence-corrected chi connectivity index (χ1v) is 6.73. The van der Waals surface area contributed by atoms with Gasteiger partial charge in [-0.05, 0) is 25.1 Å². The number of hydrogen-bond acceptors (Lipinski definition) is 3. The molecular formula is C13H14Cl2N4O. The third-order valence-electron chi connectivity index (χ3n) is 2.66. The maximum Gasteiger partial charge on any atom is 0.246 e. The molecule has 0 bridgehead atoms. The van der Waals surface area contributed by atoms with Crippen LogP contribution in [0, 0.1) is 0 Å². The van der Waals surface area contributed by atoms with Crippen LogP contribution in [0.3, 0.4) is 0 Å². The number of anilines is 2. The summed E-state index contributed by atoms with van der Waals surface area (Å²) in [6.45, 7) is 1.74. The molecule has 1 amide bonds. The molecule has 1 unspecified atom stereocenters. The van der Waals surface area contributed by atoms with Crippen LogP contribution < -0.4 is 10.6 Å². The zero-order valence-corrected chi connectivity index (χ0v) is 12.5. The van der Waals surface area contributed by atoms with E-state index in [1.165, 1.54) is 0 Å². The molecule has 0 fully saturated rings. The van der Waals surface area contributed by atoms with Crippen molar-refractivity contribution in [1.29, 1.82) is 0 Å². The molecule has 0 radical (unpaired) electrons. The molecular weight excluding hydrogens is 299 g/mol. The predicted molar refractivity (Wildman–Crippen MR) is 81.4 cm³/mol. The van der Waals surface area contributed by atoms with Crippen molar-refractivity contribution >= 4 is 40.6 Å². The molecule has 106 valence electrons. The Morgan fingerprint density at radius 1 is 1.35 bits per heavy atom. The number of hydrogen-bond donors (Lipinski definition) is 2. The van der Waals surface area contributed by atoms with Crippen molar-refractivity contribution in [2.24, 2.45) is 7.05 Å². The molecule has 5 nitrogen and oxygen atoms in total. The lowest BCUT2D eigenvalue weighted by atomic mass is 10.2. The van der Waals surface area contributed by atoms with Crippen molar-refractivity contribution in [3.63, 3.8) is 0 Å². The number of nitrogens with zero attached hydrogens (tertiary/aromatic N) is 2. The van der Waals surface area contributed by atoms with Crippen LogP contribution in [0.1, 0.15) is 6.92 Å². The predicted octanol–water partition coefficient (Wildman–Crippen LogP) is 3.17. The average molecular weight is 313 g/mol. The fraction of sp³-hybridized carbons (Fsp3) is 0.231. The minimum Gasteiger partial charge on any atom is -0.357 e. The van der Waals surface area contributed by atoms with Crippen molar-refractivity contribution in [2.45, 2.75) is 13.0 Å². The highest BCUT2D eigenvalue weighted by atomic mass is 35.5. The van der Waals surface area contributed by atoms with Crippen LogP contribution in [0.15, 0.2) is 30.5 Å². The molecule has 0 saturated carbocycles. The summed E-state index contributed by atoms with van der Waals surface area (Å²) in [6.07, 6.45) is 1.79. The molecule has 0 aliphatic carbocycles. The smallest absolute Gasteiger partial charge is 0.246 e. The first-order chi connectivity index (χ1) is 9.45. The van der Waals surface area contributed by atoms with E-state index >= 15 is 0 Å². The van der Waals surface area contributed by atoms with E-state index in [0.29, 0.717) is 21.6 Å². The molecule has 7 heteroatoms. The second kappa shape index (κ2) is 6.15. The molecule has 0 saturated heterocycles. The Bertz CT molecular complexity index is 627. The summed E-state index contributed by atoms with van der Waals surface area (Å²) in [5, 5.41) is 10.8. The van der Waals surface area contributed by atoms with Gasteiger partial charge in [-0.2, -0.15) is 5.10 Å². The van der Waals surface area contributed by atoms with Gasteiger partial charge in [0.2, 0.25) is 5.91 Å². The maximum absolute atomic E-state index is 12.1. The summed E-state index contributed by atoms with van der Waals surface area (Å²) in [7, 11) is 1.81. The van der Waals surface area contributed by atoms with Gasteiger partial charge < -0.3 is 10.6 Å². The van der Waals surface area contributed by atoms with Crippen LogP contribution in [0.5, 0.6) is 0 Å². The van der Waals surface area contributed by atoms with Gasteiger partial charge in [-0.3, -0.25) is 9.48 Å². The highest BCUT2D eigenvalue weighted by Crippen LogP contribution is 2.25.